The number of azo groups is 1. The zero-order valence-electron chi connectivity index (χ0n) is 17.8. The molecular formula is C20H27N5O4S. The molecule has 0 atom stereocenters. The van der Waals surface area contributed by atoms with E-state index in [9.17, 15) is 13.0 Å². The van der Waals surface area contributed by atoms with Gasteiger partial charge < -0.3 is 9.45 Å². The Kier molecular flexibility index (Phi) is 8.04. The van der Waals surface area contributed by atoms with Crippen molar-refractivity contribution in [3.05, 3.63) is 48.5 Å². The van der Waals surface area contributed by atoms with E-state index < -0.39 is 10.4 Å². The molecule has 0 N–H and O–H groups in total. The zero-order chi connectivity index (χ0) is 22.3. The number of hydrogen-bond donors (Lipinski definition) is 0. The quantitative estimate of drug-likeness (QED) is 0.257. The monoisotopic (exact) mass is 433 g/mol. The van der Waals surface area contributed by atoms with Crippen molar-refractivity contribution in [3.8, 4) is 0 Å². The van der Waals surface area contributed by atoms with Crippen molar-refractivity contribution in [2.45, 2.75) is 13.8 Å². The number of benzene rings is 2. The summed E-state index contributed by atoms with van der Waals surface area (Å²) in [5.41, 5.74) is 3.22. The number of rotatable bonds is 6. The van der Waals surface area contributed by atoms with Gasteiger partial charge in [0.05, 0.1) is 23.1 Å². The van der Waals surface area contributed by atoms with Crippen LogP contribution in [0.5, 0.6) is 0 Å². The van der Waals surface area contributed by atoms with E-state index in [1.54, 1.807) is 0 Å². The molecule has 10 heteroatoms. The summed E-state index contributed by atoms with van der Waals surface area (Å²) in [6.07, 6.45) is 0. The van der Waals surface area contributed by atoms with Gasteiger partial charge in [0, 0.05) is 25.8 Å². The summed E-state index contributed by atoms with van der Waals surface area (Å²) in [5.74, 6) is 0.862. The first-order valence-corrected chi connectivity index (χ1v) is 10.8. The molecule has 30 heavy (non-hydrogen) atoms. The molecule has 1 heterocycles. The predicted octanol–water partition coefficient (Wildman–Crippen LogP) is 3.36. The summed E-state index contributed by atoms with van der Waals surface area (Å²) >= 11 is 0. The SMILES string of the molecule is CCN(CC)c1ccc(N=Nc2c3ccccc3n(C)[n+]2C)cc1.COS(=O)(=O)[O-]. The minimum Gasteiger partial charge on any atom is -0.726 e. The third kappa shape index (κ3) is 5.85. The van der Waals surface area contributed by atoms with E-state index in [1.165, 1.54) is 5.69 Å². The molecule has 0 aliphatic rings. The molecule has 0 saturated carbocycles. The Morgan fingerprint density at radius 3 is 2.17 bits per heavy atom. The van der Waals surface area contributed by atoms with Crippen LogP contribution in [0.3, 0.4) is 0 Å². The van der Waals surface area contributed by atoms with Gasteiger partial charge in [-0.3, -0.25) is 4.18 Å². The van der Waals surface area contributed by atoms with Gasteiger partial charge in [-0.15, -0.1) is 0 Å². The van der Waals surface area contributed by atoms with E-state index in [2.05, 4.69) is 62.1 Å². The molecule has 0 bridgehead atoms. The molecule has 0 radical (unpaired) electrons. The summed E-state index contributed by atoms with van der Waals surface area (Å²) < 4.78 is 35.1. The molecule has 3 aromatic rings. The highest BCUT2D eigenvalue weighted by atomic mass is 32.3. The third-order valence-corrected chi connectivity index (χ3v) is 5.10. The van der Waals surface area contributed by atoms with Crippen LogP contribution in [0.25, 0.3) is 10.9 Å². The highest BCUT2D eigenvalue weighted by molar-refractivity contribution is 7.80. The van der Waals surface area contributed by atoms with Gasteiger partial charge >= 0.3 is 5.82 Å². The smallest absolute Gasteiger partial charge is 0.378 e. The molecule has 0 aliphatic carbocycles. The highest BCUT2D eigenvalue weighted by Crippen LogP contribution is 2.25. The second-order valence-corrected chi connectivity index (χ2v) is 7.50. The van der Waals surface area contributed by atoms with Crippen LogP contribution in [-0.4, -0.2) is 37.9 Å². The molecule has 0 fully saturated rings. The van der Waals surface area contributed by atoms with Gasteiger partial charge in [0.25, 0.3) is 0 Å². The lowest BCUT2D eigenvalue weighted by atomic mass is 10.2. The topological polar surface area (TPSA) is 103 Å². The molecule has 0 amide bonds. The highest BCUT2D eigenvalue weighted by Gasteiger charge is 2.19. The first-order valence-electron chi connectivity index (χ1n) is 9.43. The maximum Gasteiger partial charge on any atom is 0.378 e. The predicted molar refractivity (Wildman–Crippen MR) is 115 cm³/mol. The van der Waals surface area contributed by atoms with Gasteiger partial charge in [-0.05, 0) is 55.4 Å². The number of aromatic nitrogens is 2. The molecular weight excluding hydrogens is 406 g/mol. The fraction of sp³-hybridized carbons (Fsp3) is 0.350. The van der Waals surface area contributed by atoms with Crippen LogP contribution in [-0.2, 0) is 28.7 Å². The first kappa shape index (κ1) is 23.5. The Morgan fingerprint density at radius 2 is 1.63 bits per heavy atom. The number of para-hydroxylation sites is 1. The Hall–Kier alpha value is -2.82. The number of nitrogens with zero attached hydrogens (tertiary/aromatic N) is 5. The van der Waals surface area contributed by atoms with E-state index in [0.29, 0.717) is 0 Å². The number of anilines is 1. The Bertz CT molecular complexity index is 1100. The number of hydrogen-bond acceptors (Lipinski definition) is 7. The van der Waals surface area contributed by atoms with Gasteiger partial charge in [0.15, 0.2) is 0 Å². The fourth-order valence-corrected chi connectivity index (χ4v) is 2.97. The van der Waals surface area contributed by atoms with Crippen molar-refractivity contribution in [2.24, 2.45) is 24.3 Å². The van der Waals surface area contributed by atoms with Crippen LogP contribution >= 0.6 is 0 Å². The largest absolute Gasteiger partial charge is 0.726 e. The number of aryl methyl sites for hydroxylation is 1. The summed E-state index contributed by atoms with van der Waals surface area (Å²) in [5, 5.41) is 10.0. The molecule has 0 spiro atoms. The van der Waals surface area contributed by atoms with Crippen molar-refractivity contribution in [3.63, 3.8) is 0 Å². The van der Waals surface area contributed by atoms with Crippen molar-refractivity contribution in [1.82, 2.24) is 4.68 Å². The van der Waals surface area contributed by atoms with E-state index >= 15 is 0 Å². The minimum atomic E-state index is -4.41. The summed E-state index contributed by atoms with van der Waals surface area (Å²) in [6.45, 7) is 6.33. The molecule has 0 unspecified atom stereocenters. The maximum absolute atomic E-state index is 9.22. The second-order valence-electron chi connectivity index (χ2n) is 6.35. The average Bonchev–Trinajstić information content (AvgIpc) is 2.98. The van der Waals surface area contributed by atoms with E-state index in [1.807, 2.05) is 43.0 Å². The average molecular weight is 434 g/mol. The van der Waals surface area contributed by atoms with E-state index in [-0.39, 0.29) is 0 Å². The molecule has 162 valence electrons. The summed E-state index contributed by atoms with van der Waals surface area (Å²) in [4.78, 5) is 2.31. The number of fused-ring (bicyclic) bond motifs is 1. The van der Waals surface area contributed by atoms with E-state index in [4.69, 9.17) is 0 Å². The molecule has 2 aromatic carbocycles. The van der Waals surface area contributed by atoms with Crippen LogP contribution < -0.4 is 9.58 Å². The van der Waals surface area contributed by atoms with Gasteiger partial charge in [-0.25, -0.2) is 13.1 Å². The van der Waals surface area contributed by atoms with Crippen molar-refractivity contribution < 1.29 is 21.8 Å². The van der Waals surface area contributed by atoms with Crippen molar-refractivity contribution in [2.75, 3.05) is 25.1 Å². The molecule has 0 aliphatic heterocycles. The Morgan fingerprint density at radius 1 is 1.07 bits per heavy atom. The Labute approximate surface area is 177 Å². The Balaban J connectivity index is 0.000000469. The molecule has 1 aromatic heterocycles. The van der Waals surface area contributed by atoms with Crippen molar-refractivity contribution in [1.29, 1.82) is 0 Å². The van der Waals surface area contributed by atoms with Crippen LogP contribution in [0.1, 0.15) is 13.8 Å². The fourth-order valence-electron chi connectivity index (χ4n) is 2.97. The minimum absolute atomic E-state index is 0.808. The van der Waals surface area contributed by atoms with Gasteiger partial charge in [-0.2, -0.15) is 4.68 Å². The third-order valence-electron chi connectivity index (χ3n) is 4.69. The second kappa shape index (κ2) is 10.3. The lowest BCUT2D eigenvalue weighted by molar-refractivity contribution is -0.737. The summed E-state index contributed by atoms with van der Waals surface area (Å²) in [7, 11) is 0.422. The maximum atomic E-state index is 9.22. The van der Waals surface area contributed by atoms with Crippen LogP contribution in [0.2, 0.25) is 0 Å². The normalized spacial score (nSPS) is 11.5. The standard InChI is InChI=1S/C19H24N5.CH4O4S/c1-5-24(6-2)16-13-11-15(12-14-16)20-21-19-17-9-7-8-10-18(17)22(3)23(19)4;1-5-6(2,3)4/h7-14H,5-6H2,1-4H3;1H3,(H,2,3,4)/q+1;/p-1. The molecule has 3 rings (SSSR count). The van der Waals surface area contributed by atoms with Crippen LogP contribution in [0.15, 0.2) is 58.8 Å². The molecule has 9 nitrogen and oxygen atoms in total. The van der Waals surface area contributed by atoms with Gasteiger partial charge in [0.1, 0.15) is 12.7 Å². The zero-order valence-corrected chi connectivity index (χ0v) is 18.6. The van der Waals surface area contributed by atoms with Crippen molar-refractivity contribution >= 4 is 38.5 Å². The van der Waals surface area contributed by atoms with Crippen LogP contribution in [0, 0.1) is 0 Å². The van der Waals surface area contributed by atoms with Gasteiger partial charge in [0.2, 0.25) is 10.4 Å². The lowest BCUT2D eigenvalue weighted by Gasteiger charge is -2.20. The van der Waals surface area contributed by atoms with E-state index in [0.717, 1.165) is 42.6 Å². The summed E-state index contributed by atoms with van der Waals surface area (Å²) in [6, 6.07) is 16.5. The van der Waals surface area contributed by atoms with Crippen LogP contribution in [0.4, 0.5) is 17.2 Å². The lowest BCUT2D eigenvalue weighted by Crippen LogP contribution is -2.36. The molecule has 0 saturated heterocycles. The van der Waals surface area contributed by atoms with Gasteiger partial charge in [-0.1, -0.05) is 12.1 Å². The first-order chi connectivity index (χ1) is 14.2.